The molecule has 0 heterocycles. The normalized spacial score (nSPS) is 12.3. The predicted octanol–water partition coefficient (Wildman–Crippen LogP) is 2.34. The molecule has 0 saturated carbocycles. The number of carbonyl (C=O) groups excluding carboxylic acids is 2. The molecule has 0 aliphatic carbocycles. The van der Waals surface area contributed by atoms with Crippen LogP contribution in [0.15, 0.2) is 47.4 Å². The first kappa shape index (κ1) is 20.5. The molecule has 0 aliphatic rings. The summed E-state index contributed by atoms with van der Waals surface area (Å²) in [5.41, 5.74) is 0.757. The number of Topliss-reactive ketones (excluding diaryl/α,β-unsaturated/α-hetero) is 1. The Morgan fingerprint density at radius 1 is 1.15 bits per heavy atom. The van der Waals surface area contributed by atoms with Crippen molar-refractivity contribution < 1.29 is 27.1 Å². The predicted molar refractivity (Wildman–Crippen MR) is 97.8 cm³/mol. The molecule has 2 rings (SSSR count). The number of ether oxygens (including phenoxy) is 1. The highest BCUT2D eigenvalue weighted by atomic mass is 32.2. The van der Waals surface area contributed by atoms with Gasteiger partial charge >= 0.3 is 0 Å². The fourth-order valence-corrected chi connectivity index (χ4v) is 3.66. The van der Waals surface area contributed by atoms with Crippen molar-refractivity contribution in [3.05, 3.63) is 53.8 Å². The van der Waals surface area contributed by atoms with Crippen molar-refractivity contribution in [2.75, 3.05) is 12.4 Å². The van der Waals surface area contributed by atoms with E-state index in [9.17, 15) is 22.4 Å². The molecule has 7 nitrogen and oxygen atoms in total. The van der Waals surface area contributed by atoms with Crippen molar-refractivity contribution >= 4 is 27.4 Å². The molecule has 0 radical (unpaired) electrons. The number of anilines is 1. The molecule has 0 fully saturated rings. The molecule has 0 aliphatic heterocycles. The Labute approximate surface area is 156 Å². The van der Waals surface area contributed by atoms with Crippen LogP contribution in [0.1, 0.15) is 24.2 Å². The molecule has 0 spiro atoms. The van der Waals surface area contributed by atoms with E-state index in [4.69, 9.17) is 4.74 Å². The van der Waals surface area contributed by atoms with Gasteiger partial charge in [-0.1, -0.05) is 12.1 Å². The average molecular weight is 394 g/mol. The van der Waals surface area contributed by atoms with Gasteiger partial charge in [-0.3, -0.25) is 9.59 Å². The Hall–Kier alpha value is -2.78. The minimum atomic E-state index is -4.21. The maximum absolute atomic E-state index is 13.4. The molecule has 2 N–H and O–H groups in total. The van der Waals surface area contributed by atoms with E-state index in [0.29, 0.717) is 11.3 Å². The van der Waals surface area contributed by atoms with E-state index in [1.807, 2.05) is 0 Å². The number of methoxy groups -OCH3 is 1. The maximum Gasteiger partial charge on any atom is 0.245 e. The van der Waals surface area contributed by atoms with Crippen LogP contribution in [0.4, 0.5) is 10.1 Å². The van der Waals surface area contributed by atoms with Gasteiger partial charge in [0.05, 0.1) is 13.2 Å². The molecular weight excluding hydrogens is 375 g/mol. The van der Waals surface area contributed by atoms with Crippen molar-refractivity contribution in [2.45, 2.75) is 24.8 Å². The highest BCUT2D eigenvalue weighted by Gasteiger charge is 2.25. The third-order valence-corrected chi connectivity index (χ3v) is 5.24. The van der Waals surface area contributed by atoms with Crippen LogP contribution in [0.2, 0.25) is 0 Å². The molecule has 2 aromatic rings. The average Bonchev–Trinajstić information content (AvgIpc) is 2.61. The summed E-state index contributed by atoms with van der Waals surface area (Å²) in [7, 11) is -2.96. The number of amides is 1. The zero-order valence-corrected chi connectivity index (χ0v) is 15.8. The lowest BCUT2D eigenvalue weighted by molar-refractivity contribution is -0.117. The van der Waals surface area contributed by atoms with E-state index >= 15 is 0 Å². The summed E-state index contributed by atoms with van der Waals surface area (Å²) >= 11 is 0. The monoisotopic (exact) mass is 394 g/mol. The number of rotatable bonds is 7. The fraction of sp³-hybridized carbons (Fsp3) is 0.222. The van der Waals surface area contributed by atoms with Crippen molar-refractivity contribution in [1.82, 2.24) is 4.72 Å². The SMILES string of the molecule is COc1ccc(F)cc1S(=O)(=O)NC(C)C(=O)Nc1cccc(C(C)=O)c1. The van der Waals surface area contributed by atoms with Crippen LogP contribution in [0.5, 0.6) is 5.75 Å². The summed E-state index contributed by atoms with van der Waals surface area (Å²) in [5, 5.41) is 2.53. The minimum absolute atomic E-state index is 0.0503. The summed E-state index contributed by atoms with van der Waals surface area (Å²) in [4.78, 5) is 23.3. The van der Waals surface area contributed by atoms with Crippen LogP contribution in [0.25, 0.3) is 0 Å². The second-order valence-electron chi connectivity index (χ2n) is 5.76. The molecule has 144 valence electrons. The van der Waals surface area contributed by atoms with Gasteiger partial charge in [0.15, 0.2) is 5.78 Å². The van der Waals surface area contributed by atoms with E-state index < -0.39 is 32.7 Å². The van der Waals surface area contributed by atoms with Gasteiger partial charge in [0.2, 0.25) is 15.9 Å². The van der Waals surface area contributed by atoms with Gasteiger partial charge in [-0.05, 0) is 44.2 Å². The highest BCUT2D eigenvalue weighted by Crippen LogP contribution is 2.24. The molecule has 1 amide bonds. The summed E-state index contributed by atoms with van der Waals surface area (Å²) in [6.07, 6.45) is 0. The Kier molecular flexibility index (Phi) is 6.29. The van der Waals surface area contributed by atoms with Crippen molar-refractivity contribution in [2.24, 2.45) is 0 Å². The lowest BCUT2D eigenvalue weighted by atomic mass is 10.1. The molecule has 2 aromatic carbocycles. The topological polar surface area (TPSA) is 102 Å². The van der Waals surface area contributed by atoms with Crippen LogP contribution in [0.3, 0.4) is 0 Å². The number of hydrogen-bond donors (Lipinski definition) is 2. The lowest BCUT2D eigenvalue weighted by Gasteiger charge is -2.16. The van der Waals surface area contributed by atoms with Crippen LogP contribution in [0, 0.1) is 5.82 Å². The van der Waals surface area contributed by atoms with E-state index in [1.165, 1.54) is 33.1 Å². The van der Waals surface area contributed by atoms with Crippen LogP contribution >= 0.6 is 0 Å². The molecule has 27 heavy (non-hydrogen) atoms. The number of benzene rings is 2. The van der Waals surface area contributed by atoms with Gasteiger partial charge in [0.1, 0.15) is 16.5 Å². The molecule has 9 heteroatoms. The van der Waals surface area contributed by atoms with Crippen molar-refractivity contribution in [1.29, 1.82) is 0 Å². The zero-order chi connectivity index (χ0) is 20.2. The first-order valence-electron chi connectivity index (χ1n) is 7.92. The second kappa shape index (κ2) is 8.28. The quantitative estimate of drug-likeness (QED) is 0.702. The lowest BCUT2D eigenvalue weighted by Crippen LogP contribution is -2.41. The van der Waals surface area contributed by atoms with Crippen LogP contribution in [-0.2, 0) is 14.8 Å². The van der Waals surface area contributed by atoms with Gasteiger partial charge in [-0.2, -0.15) is 4.72 Å². The van der Waals surface area contributed by atoms with E-state index in [2.05, 4.69) is 10.0 Å². The Balaban J connectivity index is 2.17. The number of nitrogens with one attached hydrogen (secondary N) is 2. The maximum atomic E-state index is 13.4. The fourth-order valence-electron chi connectivity index (χ4n) is 2.28. The smallest absolute Gasteiger partial charge is 0.245 e. The number of halogens is 1. The van der Waals surface area contributed by atoms with E-state index in [-0.39, 0.29) is 11.5 Å². The molecule has 0 aromatic heterocycles. The first-order chi connectivity index (χ1) is 12.6. The number of ketones is 1. The highest BCUT2D eigenvalue weighted by molar-refractivity contribution is 7.89. The molecule has 1 unspecified atom stereocenters. The Morgan fingerprint density at radius 2 is 1.85 bits per heavy atom. The van der Waals surface area contributed by atoms with E-state index in [0.717, 1.165) is 12.1 Å². The Bertz CT molecular complexity index is 975. The first-order valence-corrected chi connectivity index (χ1v) is 9.40. The minimum Gasteiger partial charge on any atom is -0.495 e. The number of hydrogen-bond acceptors (Lipinski definition) is 5. The van der Waals surface area contributed by atoms with Crippen molar-refractivity contribution in [3.63, 3.8) is 0 Å². The summed E-state index contributed by atoms with van der Waals surface area (Å²) < 4.78 is 45.6. The van der Waals surface area contributed by atoms with E-state index in [1.54, 1.807) is 18.2 Å². The summed E-state index contributed by atoms with van der Waals surface area (Å²) in [6.45, 7) is 2.73. The van der Waals surface area contributed by atoms with Gasteiger partial charge in [0, 0.05) is 11.3 Å². The third-order valence-electron chi connectivity index (χ3n) is 3.68. The largest absolute Gasteiger partial charge is 0.495 e. The van der Waals surface area contributed by atoms with Crippen molar-refractivity contribution in [3.8, 4) is 5.75 Å². The zero-order valence-electron chi connectivity index (χ0n) is 14.9. The van der Waals surface area contributed by atoms with Gasteiger partial charge < -0.3 is 10.1 Å². The Morgan fingerprint density at radius 3 is 2.48 bits per heavy atom. The third kappa shape index (κ3) is 5.11. The molecule has 0 bridgehead atoms. The van der Waals surface area contributed by atoms with Gasteiger partial charge in [0.25, 0.3) is 0 Å². The van der Waals surface area contributed by atoms with Crippen LogP contribution in [-0.4, -0.2) is 33.3 Å². The molecule has 1 atom stereocenters. The molecular formula is C18H19FN2O5S. The number of sulfonamides is 1. The van der Waals surface area contributed by atoms with Crippen LogP contribution < -0.4 is 14.8 Å². The van der Waals surface area contributed by atoms with Gasteiger partial charge in [-0.15, -0.1) is 0 Å². The summed E-state index contributed by atoms with van der Waals surface area (Å²) in [6, 6.07) is 8.14. The summed E-state index contributed by atoms with van der Waals surface area (Å²) in [5.74, 6) is -1.62. The van der Waals surface area contributed by atoms with Gasteiger partial charge in [-0.25, -0.2) is 12.8 Å². The standard InChI is InChI=1S/C18H19FN2O5S/c1-11(18(23)20-15-6-4-5-13(9-15)12(2)22)21-27(24,25)17-10-14(19)7-8-16(17)26-3/h4-11,21H,1-3H3,(H,20,23). The number of carbonyl (C=O) groups is 2. The molecule has 0 saturated heterocycles. The second-order valence-corrected chi connectivity index (χ2v) is 7.45.